The van der Waals surface area contributed by atoms with E-state index in [0.29, 0.717) is 23.5 Å². The van der Waals surface area contributed by atoms with Gasteiger partial charge in [-0.2, -0.15) is 14.4 Å². The van der Waals surface area contributed by atoms with Crippen LogP contribution in [0.5, 0.6) is 5.75 Å². The molecule has 9 heteroatoms. The molecule has 3 aromatic rings. The number of para-hydroxylation sites is 1. The van der Waals surface area contributed by atoms with Gasteiger partial charge in [0, 0.05) is 25.5 Å². The van der Waals surface area contributed by atoms with E-state index in [4.69, 9.17) is 9.47 Å². The van der Waals surface area contributed by atoms with Crippen molar-refractivity contribution in [3.8, 4) is 5.75 Å². The number of benzene rings is 1. The van der Waals surface area contributed by atoms with Gasteiger partial charge in [0.05, 0.1) is 12.9 Å². The summed E-state index contributed by atoms with van der Waals surface area (Å²) in [5.41, 5.74) is 1.56. The van der Waals surface area contributed by atoms with Gasteiger partial charge in [0.15, 0.2) is 17.0 Å². The number of fused-ring (bicyclic) bond motifs is 1. The molecule has 0 amide bonds. The molecule has 0 bridgehead atoms. The van der Waals surface area contributed by atoms with Crippen molar-refractivity contribution < 1.29 is 18.7 Å². The number of imidazole rings is 1. The highest BCUT2D eigenvalue weighted by Crippen LogP contribution is 2.29. The second-order valence-corrected chi connectivity index (χ2v) is 5.83. The number of nitrogens with zero attached hydrogens (tertiary/aromatic N) is 4. The Bertz CT molecular complexity index is 970. The van der Waals surface area contributed by atoms with Crippen LogP contribution in [0, 0.1) is 6.08 Å². The first-order valence-corrected chi connectivity index (χ1v) is 8.13. The lowest BCUT2D eigenvalue weighted by atomic mass is 10.2. The third-order valence-electron chi connectivity index (χ3n) is 4.05. The van der Waals surface area contributed by atoms with E-state index in [2.05, 4.69) is 20.3 Å². The topological polar surface area (TPSA) is 91.2 Å². The molecule has 1 aromatic carbocycles. The summed E-state index contributed by atoms with van der Waals surface area (Å²) in [6.07, 6.45) is 1.37. The summed E-state index contributed by atoms with van der Waals surface area (Å²) < 4.78 is 26.2. The predicted molar refractivity (Wildman–Crippen MR) is 90.0 cm³/mol. The summed E-state index contributed by atoms with van der Waals surface area (Å²) in [6, 6.07) is 7.09. The molecule has 1 atom stereocenters. The van der Waals surface area contributed by atoms with Gasteiger partial charge in [-0.05, 0) is 6.07 Å². The molecule has 26 heavy (non-hydrogen) atoms. The smallest absolute Gasteiger partial charge is 0.312 e. The van der Waals surface area contributed by atoms with Crippen molar-refractivity contribution in [2.45, 2.75) is 26.1 Å². The number of aromatic nitrogens is 4. The molecule has 134 valence electrons. The van der Waals surface area contributed by atoms with E-state index in [-0.39, 0.29) is 18.6 Å². The van der Waals surface area contributed by atoms with Crippen molar-refractivity contribution in [1.29, 1.82) is 0 Å². The lowest BCUT2D eigenvalue weighted by Gasteiger charge is -2.27. The molecule has 1 unspecified atom stereocenters. The number of halogens is 1. The number of hydrogen-bond acceptors (Lipinski definition) is 7. The highest BCUT2D eigenvalue weighted by atomic mass is 19.1. The largest absolute Gasteiger partial charge is 0.426 e. The van der Waals surface area contributed by atoms with Crippen molar-refractivity contribution >= 4 is 23.0 Å². The summed E-state index contributed by atoms with van der Waals surface area (Å²) >= 11 is 0. The maximum atomic E-state index is 13.9. The second-order valence-electron chi connectivity index (χ2n) is 5.83. The molecule has 1 aliphatic rings. The zero-order valence-corrected chi connectivity index (χ0v) is 14.0. The average molecular weight is 357 g/mol. The van der Waals surface area contributed by atoms with Crippen LogP contribution in [0.1, 0.15) is 25.1 Å². The van der Waals surface area contributed by atoms with Gasteiger partial charge in [-0.1, -0.05) is 18.2 Å². The predicted octanol–water partition coefficient (Wildman–Crippen LogP) is 2.42. The monoisotopic (exact) mass is 357 g/mol. The summed E-state index contributed by atoms with van der Waals surface area (Å²) in [5, 5.41) is 3.05. The van der Waals surface area contributed by atoms with Crippen molar-refractivity contribution in [2.75, 3.05) is 11.9 Å². The third kappa shape index (κ3) is 3.08. The third-order valence-corrected chi connectivity index (χ3v) is 4.05. The minimum Gasteiger partial charge on any atom is -0.426 e. The van der Waals surface area contributed by atoms with E-state index in [1.807, 2.05) is 6.07 Å². The van der Waals surface area contributed by atoms with Crippen molar-refractivity contribution in [3.63, 3.8) is 0 Å². The van der Waals surface area contributed by atoms with Crippen LogP contribution in [-0.2, 0) is 16.1 Å². The molecule has 4 rings (SSSR count). The normalized spacial score (nSPS) is 16.3. The van der Waals surface area contributed by atoms with Crippen LogP contribution in [-0.4, -0.2) is 32.1 Å². The number of carbonyl (C=O) groups excluding carboxylic acids is 1. The lowest BCUT2D eigenvalue weighted by molar-refractivity contribution is -0.131. The summed E-state index contributed by atoms with van der Waals surface area (Å²) in [5.74, 6) is 0.294. The second kappa shape index (κ2) is 6.68. The van der Waals surface area contributed by atoms with Crippen LogP contribution in [0.2, 0.25) is 0 Å². The number of esters is 1. The zero-order valence-electron chi connectivity index (χ0n) is 14.0. The summed E-state index contributed by atoms with van der Waals surface area (Å²) in [4.78, 5) is 23.2. The van der Waals surface area contributed by atoms with Crippen LogP contribution in [0.15, 0.2) is 30.6 Å². The maximum absolute atomic E-state index is 13.9. The van der Waals surface area contributed by atoms with Gasteiger partial charge in [0.2, 0.25) is 0 Å². The molecule has 0 saturated carbocycles. The molecular formula is C17H16FN5O3. The van der Waals surface area contributed by atoms with Crippen LogP contribution >= 0.6 is 0 Å². The fourth-order valence-electron chi connectivity index (χ4n) is 2.75. The number of rotatable bonds is 5. The molecule has 1 aliphatic heterocycles. The first-order valence-electron chi connectivity index (χ1n) is 8.13. The molecule has 0 aliphatic carbocycles. The van der Waals surface area contributed by atoms with Gasteiger partial charge >= 0.3 is 12.0 Å². The molecule has 2 aromatic heterocycles. The van der Waals surface area contributed by atoms with Gasteiger partial charge in [0.25, 0.3) is 0 Å². The Hall–Kier alpha value is -3.07. The molecule has 3 heterocycles. The Balaban J connectivity index is 1.62. The lowest BCUT2D eigenvalue weighted by Crippen LogP contribution is -2.24. The first-order chi connectivity index (χ1) is 12.6. The fourth-order valence-corrected chi connectivity index (χ4v) is 2.75. The zero-order chi connectivity index (χ0) is 18.1. The highest BCUT2D eigenvalue weighted by Gasteiger charge is 2.24. The molecule has 0 radical (unpaired) electrons. The van der Waals surface area contributed by atoms with E-state index in [1.165, 1.54) is 6.92 Å². The van der Waals surface area contributed by atoms with Crippen molar-refractivity contribution in [1.82, 2.24) is 19.5 Å². The minimum absolute atomic E-state index is 0.174. The van der Waals surface area contributed by atoms with E-state index in [9.17, 15) is 9.18 Å². The number of nitrogens with one attached hydrogen (secondary N) is 1. The van der Waals surface area contributed by atoms with Gasteiger partial charge < -0.3 is 14.8 Å². The number of ether oxygens (including phenoxy) is 2. The van der Waals surface area contributed by atoms with Crippen LogP contribution in [0.3, 0.4) is 0 Å². The van der Waals surface area contributed by atoms with E-state index in [0.717, 1.165) is 12.0 Å². The van der Waals surface area contributed by atoms with E-state index >= 15 is 0 Å². The Morgan fingerprint density at radius 3 is 2.96 bits per heavy atom. The Labute approximate surface area is 148 Å². The molecular weight excluding hydrogens is 341 g/mol. The molecule has 0 spiro atoms. The number of anilines is 1. The molecule has 1 saturated heterocycles. The minimum atomic E-state index is -0.852. The van der Waals surface area contributed by atoms with E-state index in [1.54, 1.807) is 29.1 Å². The molecule has 1 fully saturated rings. The number of hydrogen-bond donors (Lipinski definition) is 1. The van der Waals surface area contributed by atoms with Crippen LogP contribution in [0.25, 0.3) is 11.2 Å². The molecule has 8 nitrogen and oxygen atoms in total. The maximum Gasteiger partial charge on any atom is 0.312 e. The SMILES string of the molecule is CC(=O)Oc1ccccc1CNc1nc(F)nc2c1ncn2C1CCO1. The van der Waals surface area contributed by atoms with Crippen molar-refractivity contribution in [3.05, 3.63) is 42.2 Å². The summed E-state index contributed by atoms with van der Waals surface area (Å²) in [7, 11) is 0. The summed E-state index contributed by atoms with van der Waals surface area (Å²) in [6.45, 7) is 2.28. The fraction of sp³-hybridized carbons (Fsp3) is 0.294. The van der Waals surface area contributed by atoms with Gasteiger partial charge in [0.1, 0.15) is 12.0 Å². The van der Waals surface area contributed by atoms with E-state index < -0.39 is 12.0 Å². The number of carbonyl (C=O) groups is 1. The Kier molecular flexibility index (Phi) is 4.21. The van der Waals surface area contributed by atoms with Gasteiger partial charge in [-0.3, -0.25) is 9.36 Å². The first kappa shape index (κ1) is 16.4. The molecule has 1 N–H and O–H groups in total. The Morgan fingerprint density at radius 2 is 2.23 bits per heavy atom. The average Bonchev–Trinajstić information content (AvgIpc) is 2.95. The van der Waals surface area contributed by atoms with Crippen molar-refractivity contribution in [2.24, 2.45) is 0 Å². The standard InChI is InChI=1S/C17H16FN5O3/c1-10(24)26-12-5-3-2-4-11(12)8-19-15-14-16(22-17(18)21-15)23(9-20-14)13-6-7-25-13/h2-5,9,13H,6-8H2,1H3,(H,19,21,22). The quantitative estimate of drug-likeness (QED) is 0.426. The van der Waals surface area contributed by atoms with Crippen LogP contribution < -0.4 is 10.1 Å². The Morgan fingerprint density at radius 1 is 1.42 bits per heavy atom. The van der Waals surface area contributed by atoms with Gasteiger partial charge in [-0.25, -0.2) is 4.98 Å². The highest BCUT2D eigenvalue weighted by molar-refractivity contribution is 5.82. The van der Waals surface area contributed by atoms with Gasteiger partial charge in [-0.15, -0.1) is 0 Å². The van der Waals surface area contributed by atoms with Crippen LogP contribution in [0.4, 0.5) is 10.2 Å².